The second-order valence-corrected chi connectivity index (χ2v) is 8.55. The molecule has 0 bridgehead atoms. The lowest BCUT2D eigenvalue weighted by Gasteiger charge is -2.16. The molecule has 2 aromatic carbocycles. The van der Waals surface area contributed by atoms with Crippen LogP contribution < -0.4 is 10.1 Å². The number of carbonyl (C=O) groups is 2. The van der Waals surface area contributed by atoms with Crippen molar-refractivity contribution in [1.29, 1.82) is 0 Å². The first-order chi connectivity index (χ1) is 15.5. The minimum atomic E-state index is -1.01. The number of hydrogen-bond donors (Lipinski definition) is 2. The van der Waals surface area contributed by atoms with Crippen molar-refractivity contribution in [1.82, 2.24) is 14.8 Å². The molecule has 0 saturated heterocycles. The van der Waals surface area contributed by atoms with Crippen LogP contribution in [0.5, 0.6) is 5.75 Å². The largest absolute Gasteiger partial charge is 0.486 e. The number of carboxylic acid groups (broad SMARTS) is 1. The topological polar surface area (TPSA) is 106 Å². The fourth-order valence-electron chi connectivity index (χ4n) is 3.57. The zero-order chi connectivity index (χ0) is 22.5. The van der Waals surface area contributed by atoms with E-state index in [-0.39, 0.29) is 17.2 Å². The van der Waals surface area contributed by atoms with Gasteiger partial charge < -0.3 is 19.7 Å². The summed E-state index contributed by atoms with van der Waals surface area (Å²) in [6, 6.07) is 12.3. The van der Waals surface area contributed by atoms with Crippen molar-refractivity contribution in [3.05, 3.63) is 65.0 Å². The maximum atomic E-state index is 12.2. The lowest BCUT2D eigenvalue weighted by Crippen LogP contribution is -2.14. The van der Waals surface area contributed by atoms with Crippen LogP contribution in [0.1, 0.15) is 40.2 Å². The molecule has 9 heteroatoms. The molecule has 0 unspecified atom stereocenters. The minimum absolute atomic E-state index is 0.151. The van der Waals surface area contributed by atoms with Crippen molar-refractivity contribution in [3.8, 4) is 5.75 Å². The Kier molecular flexibility index (Phi) is 6.75. The molecule has 1 aromatic heterocycles. The summed E-state index contributed by atoms with van der Waals surface area (Å²) in [5.74, 6) is 0.435. The van der Waals surface area contributed by atoms with E-state index in [2.05, 4.69) is 27.6 Å². The summed E-state index contributed by atoms with van der Waals surface area (Å²) < 4.78 is 7.75. The highest BCUT2D eigenvalue weighted by atomic mass is 32.2. The zero-order valence-corrected chi connectivity index (χ0v) is 18.5. The highest BCUT2D eigenvalue weighted by Crippen LogP contribution is 2.26. The van der Waals surface area contributed by atoms with Crippen LogP contribution in [-0.4, -0.2) is 37.5 Å². The number of anilines is 1. The Hall–Kier alpha value is -3.33. The van der Waals surface area contributed by atoms with Gasteiger partial charge in [0.15, 0.2) is 11.0 Å². The summed E-state index contributed by atoms with van der Waals surface area (Å²) in [6.45, 7) is 0.297. The molecule has 0 spiro atoms. The maximum Gasteiger partial charge on any atom is 0.335 e. The molecule has 0 aliphatic heterocycles. The van der Waals surface area contributed by atoms with E-state index in [1.54, 1.807) is 12.1 Å². The highest BCUT2D eigenvalue weighted by Gasteiger charge is 2.14. The van der Waals surface area contributed by atoms with Gasteiger partial charge in [0.2, 0.25) is 5.91 Å². The van der Waals surface area contributed by atoms with Crippen molar-refractivity contribution in [2.75, 3.05) is 11.1 Å². The predicted octanol–water partition coefficient (Wildman–Crippen LogP) is 3.70. The smallest absolute Gasteiger partial charge is 0.335 e. The molecule has 4 rings (SSSR count). The number of carbonyl (C=O) groups excluding carboxylic acids is 1. The molecule has 8 nitrogen and oxygen atoms in total. The van der Waals surface area contributed by atoms with Gasteiger partial charge in [-0.25, -0.2) is 4.79 Å². The molecule has 0 saturated carbocycles. The molecule has 0 fully saturated rings. The zero-order valence-electron chi connectivity index (χ0n) is 17.7. The van der Waals surface area contributed by atoms with Crippen molar-refractivity contribution in [2.24, 2.45) is 7.05 Å². The molecule has 1 aliphatic carbocycles. The van der Waals surface area contributed by atoms with Gasteiger partial charge in [0, 0.05) is 12.7 Å². The molecule has 1 aliphatic rings. The molecule has 2 N–H and O–H groups in total. The summed E-state index contributed by atoms with van der Waals surface area (Å²) >= 11 is 1.27. The van der Waals surface area contributed by atoms with Gasteiger partial charge in [-0.2, -0.15) is 0 Å². The van der Waals surface area contributed by atoms with Crippen molar-refractivity contribution in [2.45, 2.75) is 37.4 Å². The Balaban J connectivity index is 1.29. The van der Waals surface area contributed by atoms with Gasteiger partial charge in [-0.3, -0.25) is 4.79 Å². The normalized spacial score (nSPS) is 12.8. The lowest BCUT2D eigenvalue weighted by molar-refractivity contribution is -0.113. The van der Waals surface area contributed by atoms with Gasteiger partial charge >= 0.3 is 5.97 Å². The number of carboxylic acids is 1. The van der Waals surface area contributed by atoms with E-state index < -0.39 is 5.97 Å². The van der Waals surface area contributed by atoms with Gasteiger partial charge in [-0.15, -0.1) is 10.2 Å². The van der Waals surface area contributed by atoms with Crippen LogP contribution in [0.25, 0.3) is 0 Å². The van der Waals surface area contributed by atoms with Gasteiger partial charge in [0.1, 0.15) is 12.4 Å². The van der Waals surface area contributed by atoms with Gasteiger partial charge in [0.25, 0.3) is 0 Å². The molecule has 166 valence electrons. The van der Waals surface area contributed by atoms with E-state index >= 15 is 0 Å². The summed E-state index contributed by atoms with van der Waals surface area (Å²) in [4.78, 5) is 23.1. The summed E-state index contributed by atoms with van der Waals surface area (Å²) in [5.41, 5.74) is 3.49. The Morgan fingerprint density at radius 2 is 1.84 bits per heavy atom. The first-order valence-corrected chi connectivity index (χ1v) is 11.4. The molecule has 0 radical (unpaired) electrons. The maximum absolute atomic E-state index is 12.2. The number of hydrogen-bond acceptors (Lipinski definition) is 6. The van der Waals surface area contributed by atoms with E-state index in [0.29, 0.717) is 23.3 Å². The Bertz CT molecular complexity index is 1130. The third-order valence-corrected chi connectivity index (χ3v) is 6.38. The van der Waals surface area contributed by atoms with Crippen LogP contribution in [0.2, 0.25) is 0 Å². The molecule has 1 amide bonds. The number of rotatable bonds is 8. The number of benzene rings is 2. The Morgan fingerprint density at radius 1 is 1.09 bits per heavy atom. The average molecular weight is 453 g/mol. The molecular formula is C23H24N4O4S. The van der Waals surface area contributed by atoms with Crippen molar-refractivity contribution >= 4 is 29.3 Å². The summed E-state index contributed by atoms with van der Waals surface area (Å²) in [7, 11) is 1.84. The molecule has 0 atom stereocenters. The summed E-state index contributed by atoms with van der Waals surface area (Å²) in [5, 5.41) is 20.6. The number of fused-ring (bicyclic) bond motifs is 1. The van der Waals surface area contributed by atoms with Gasteiger partial charge in [-0.05, 0) is 73.2 Å². The SMILES string of the molecule is Cn1c(COc2ccc3c(c2)CCCC3)nnc1SCC(=O)Nc1ccc(C(=O)O)cc1. The standard InChI is InChI=1S/C23H24N4O4S/c1-27-20(13-31-19-11-8-15-4-2-3-5-17(15)12-19)25-26-23(27)32-14-21(28)24-18-9-6-16(7-10-18)22(29)30/h6-12H,2-5,13-14H2,1H3,(H,24,28)(H,29,30). The second kappa shape index (κ2) is 9.86. The first-order valence-electron chi connectivity index (χ1n) is 10.4. The van der Waals surface area contributed by atoms with Gasteiger partial charge in [0.05, 0.1) is 11.3 Å². The third kappa shape index (κ3) is 5.28. The Labute approximate surface area is 190 Å². The second-order valence-electron chi connectivity index (χ2n) is 7.60. The highest BCUT2D eigenvalue weighted by molar-refractivity contribution is 7.99. The number of nitrogens with zero attached hydrogens (tertiary/aromatic N) is 3. The Morgan fingerprint density at radius 3 is 2.59 bits per heavy atom. The number of aromatic nitrogens is 3. The summed E-state index contributed by atoms with van der Waals surface area (Å²) in [6.07, 6.45) is 4.72. The van der Waals surface area contributed by atoms with E-state index in [1.807, 2.05) is 17.7 Å². The number of nitrogens with one attached hydrogen (secondary N) is 1. The predicted molar refractivity (Wildman–Crippen MR) is 121 cm³/mol. The van der Waals surface area contributed by atoms with Crippen LogP contribution in [0, 0.1) is 0 Å². The number of ether oxygens (including phenoxy) is 1. The number of aryl methyl sites for hydroxylation is 2. The van der Waals surface area contributed by atoms with E-state index in [4.69, 9.17) is 9.84 Å². The number of amides is 1. The van der Waals surface area contributed by atoms with Crippen LogP contribution in [0.3, 0.4) is 0 Å². The molecule has 32 heavy (non-hydrogen) atoms. The van der Waals surface area contributed by atoms with Crippen molar-refractivity contribution < 1.29 is 19.4 Å². The molecule has 3 aromatic rings. The van der Waals surface area contributed by atoms with E-state index in [9.17, 15) is 9.59 Å². The monoisotopic (exact) mass is 452 g/mol. The quantitative estimate of drug-likeness (QED) is 0.502. The molecular weight excluding hydrogens is 428 g/mol. The fourth-order valence-corrected chi connectivity index (χ4v) is 4.30. The van der Waals surface area contributed by atoms with Crippen LogP contribution in [0.4, 0.5) is 5.69 Å². The average Bonchev–Trinajstić information content (AvgIpc) is 3.15. The lowest BCUT2D eigenvalue weighted by atomic mass is 9.92. The fraction of sp³-hybridized carbons (Fsp3) is 0.304. The first kappa shape index (κ1) is 21.9. The van der Waals surface area contributed by atoms with Gasteiger partial charge in [-0.1, -0.05) is 17.8 Å². The number of thioether (sulfide) groups is 1. The third-order valence-electron chi connectivity index (χ3n) is 5.36. The minimum Gasteiger partial charge on any atom is -0.486 e. The van der Waals surface area contributed by atoms with E-state index in [1.165, 1.54) is 47.9 Å². The molecule has 1 heterocycles. The van der Waals surface area contributed by atoms with E-state index in [0.717, 1.165) is 18.6 Å². The van der Waals surface area contributed by atoms with Crippen LogP contribution in [0.15, 0.2) is 47.6 Å². The van der Waals surface area contributed by atoms with Crippen LogP contribution in [-0.2, 0) is 31.3 Å². The van der Waals surface area contributed by atoms with Crippen LogP contribution >= 0.6 is 11.8 Å². The number of aromatic carboxylic acids is 1. The van der Waals surface area contributed by atoms with Crippen molar-refractivity contribution in [3.63, 3.8) is 0 Å².